The Bertz CT molecular complexity index is 561. The van der Waals surface area contributed by atoms with Crippen molar-refractivity contribution < 1.29 is 18.3 Å². The van der Waals surface area contributed by atoms with E-state index in [4.69, 9.17) is 0 Å². The van der Waals surface area contributed by atoms with Crippen LogP contribution in [-0.4, -0.2) is 16.3 Å². The average Bonchev–Trinajstić information content (AvgIpc) is 2.63. The summed E-state index contributed by atoms with van der Waals surface area (Å²) in [4.78, 5) is 7.80. The van der Waals surface area contributed by atoms with Crippen molar-refractivity contribution in [1.82, 2.24) is 9.97 Å². The lowest BCUT2D eigenvalue weighted by molar-refractivity contribution is -0.286. The largest absolute Gasteiger partial charge is 0.586 e. The van der Waals surface area contributed by atoms with Gasteiger partial charge in [-0.05, 0) is 24.3 Å². The number of hydrogen-bond acceptors (Lipinski definition) is 4. The minimum atomic E-state index is -3.59. The molecule has 0 spiro atoms. The normalized spacial score (nSPS) is 15.9. The van der Waals surface area contributed by atoms with Crippen LogP contribution in [0.15, 0.2) is 36.8 Å². The van der Waals surface area contributed by atoms with Crippen molar-refractivity contribution in [2.75, 3.05) is 0 Å². The van der Waals surface area contributed by atoms with Crippen LogP contribution in [0.2, 0.25) is 0 Å². The molecule has 0 atom stereocenters. The van der Waals surface area contributed by atoms with Gasteiger partial charge in [-0.1, -0.05) is 0 Å². The lowest BCUT2D eigenvalue weighted by Gasteiger charge is -2.04. The first-order chi connectivity index (χ1) is 8.14. The Morgan fingerprint density at radius 1 is 1.06 bits per heavy atom. The number of fused-ring (bicyclic) bond motifs is 1. The Balaban J connectivity index is 2.02. The van der Waals surface area contributed by atoms with Gasteiger partial charge in [0.2, 0.25) is 0 Å². The highest BCUT2D eigenvalue weighted by Gasteiger charge is 2.43. The first-order valence-electron chi connectivity index (χ1n) is 4.80. The molecule has 0 radical (unpaired) electrons. The third kappa shape index (κ3) is 1.77. The fourth-order valence-electron chi connectivity index (χ4n) is 1.57. The van der Waals surface area contributed by atoms with Crippen LogP contribution >= 0.6 is 0 Å². The minimum absolute atomic E-state index is 0.00566. The van der Waals surface area contributed by atoms with E-state index in [0.29, 0.717) is 11.3 Å². The van der Waals surface area contributed by atoms with Gasteiger partial charge < -0.3 is 9.47 Å². The fraction of sp³-hybridized carbons (Fsp3) is 0.0909. The van der Waals surface area contributed by atoms with E-state index in [1.165, 1.54) is 18.5 Å². The third-order valence-corrected chi connectivity index (χ3v) is 2.28. The number of hydrogen-bond donors (Lipinski definition) is 0. The molecular weight excluding hydrogens is 230 g/mol. The molecule has 0 bridgehead atoms. The van der Waals surface area contributed by atoms with Gasteiger partial charge in [0.15, 0.2) is 11.5 Å². The van der Waals surface area contributed by atoms with Crippen LogP contribution in [0.5, 0.6) is 11.5 Å². The van der Waals surface area contributed by atoms with Crippen LogP contribution < -0.4 is 9.47 Å². The van der Waals surface area contributed by atoms with E-state index in [2.05, 4.69) is 19.4 Å². The molecule has 0 saturated heterocycles. The fourth-order valence-corrected chi connectivity index (χ4v) is 1.57. The summed E-state index contributed by atoms with van der Waals surface area (Å²) in [6.45, 7) is 0. The van der Waals surface area contributed by atoms with Crippen molar-refractivity contribution in [3.63, 3.8) is 0 Å². The maximum absolute atomic E-state index is 12.8. The highest BCUT2D eigenvalue weighted by molar-refractivity contribution is 5.64. The molecule has 0 unspecified atom stereocenters. The molecule has 2 heterocycles. The summed E-state index contributed by atoms with van der Waals surface area (Å²) in [5.41, 5.74) is 1.29. The zero-order valence-electron chi connectivity index (χ0n) is 8.43. The van der Waals surface area contributed by atoms with Gasteiger partial charge in [-0.15, -0.1) is 8.78 Å². The number of rotatable bonds is 1. The smallest absolute Gasteiger partial charge is 0.395 e. The summed E-state index contributed by atoms with van der Waals surface area (Å²) in [5, 5.41) is 0. The molecule has 0 N–H and O–H groups in total. The summed E-state index contributed by atoms with van der Waals surface area (Å²) in [7, 11) is 0. The van der Waals surface area contributed by atoms with Crippen molar-refractivity contribution in [2.24, 2.45) is 0 Å². The molecule has 0 saturated carbocycles. The van der Waals surface area contributed by atoms with Gasteiger partial charge in [0, 0.05) is 11.8 Å². The average molecular weight is 236 g/mol. The highest BCUT2D eigenvalue weighted by Crippen LogP contribution is 2.42. The lowest BCUT2D eigenvalue weighted by atomic mass is 10.1. The molecule has 1 aromatic heterocycles. The number of ether oxygens (including phenoxy) is 2. The van der Waals surface area contributed by atoms with E-state index in [-0.39, 0.29) is 11.5 Å². The van der Waals surface area contributed by atoms with Crippen molar-refractivity contribution in [2.45, 2.75) is 6.29 Å². The second-order valence-electron chi connectivity index (χ2n) is 3.42. The standard InChI is InChI=1S/C11H6F2N2O2/c12-11(13)16-9-2-1-7(5-10(9)17-11)8-3-4-14-6-15-8/h1-6H. The van der Waals surface area contributed by atoms with Gasteiger partial charge in [-0.25, -0.2) is 9.97 Å². The maximum atomic E-state index is 12.8. The van der Waals surface area contributed by atoms with Gasteiger partial charge >= 0.3 is 6.29 Å². The van der Waals surface area contributed by atoms with Crippen LogP contribution in [0.3, 0.4) is 0 Å². The summed E-state index contributed by atoms with van der Waals surface area (Å²) >= 11 is 0. The molecule has 17 heavy (non-hydrogen) atoms. The second kappa shape index (κ2) is 3.38. The summed E-state index contributed by atoms with van der Waals surface area (Å²) in [5.74, 6) is 0.0268. The Labute approximate surface area is 94.8 Å². The predicted octanol–water partition coefficient (Wildman–Crippen LogP) is 2.47. The summed E-state index contributed by atoms with van der Waals surface area (Å²) < 4.78 is 34.3. The quantitative estimate of drug-likeness (QED) is 0.762. The zero-order valence-corrected chi connectivity index (χ0v) is 8.43. The Kier molecular flexibility index (Phi) is 1.98. The van der Waals surface area contributed by atoms with Gasteiger partial charge in [0.25, 0.3) is 0 Å². The van der Waals surface area contributed by atoms with E-state index in [1.807, 2.05) is 0 Å². The molecule has 86 valence electrons. The summed E-state index contributed by atoms with van der Waals surface area (Å²) in [6, 6.07) is 6.19. The molecule has 1 aromatic carbocycles. The van der Waals surface area contributed by atoms with E-state index in [1.54, 1.807) is 18.3 Å². The lowest BCUT2D eigenvalue weighted by Crippen LogP contribution is -2.25. The predicted molar refractivity (Wildman–Crippen MR) is 53.7 cm³/mol. The molecular formula is C11H6F2N2O2. The van der Waals surface area contributed by atoms with Gasteiger partial charge in [-0.3, -0.25) is 0 Å². The third-order valence-electron chi connectivity index (χ3n) is 2.28. The van der Waals surface area contributed by atoms with Crippen LogP contribution in [0.25, 0.3) is 11.3 Å². The molecule has 0 aliphatic carbocycles. The highest BCUT2D eigenvalue weighted by atomic mass is 19.3. The molecule has 0 amide bonds. The monoisotopic (exact) mass is 236 g/mol. The van der Waals surface area contributed by atoms with Crippen LogP contribution in [0.1, 0.15) is 0 Å². The first-order valence-corrected chi connectivity index (χ1v) is 4.80. The number of benzene rings is 1. The zero-order chi connectivity index (χ0) is 11.9. The molecule has 2 aromatic rings. The topological polar surface area (TPSA) is 44.2 Å². The van der Waals surface area contributed by atoms with E-state index in [0.717, 1.165) is 0 Å². The van der Waals surface area contributed by atoms with Crippen molar-refractivity contribution in [3.8, 4) is 22.8 Å². The van der Waals surface area contributed by atoms with Crippen LogP contribution in [0, 0.1) is 0 Å². The Morgan fingerprint density at radius 3 is 2.65 bits per heavy atom. The van der Waals surface area contributed by atoms with Crippen LogP contribution in [0.4, 0.5) is 8.78 Å². The Hall–Kier alpha value is -2.24. The van der Waals surface area contributed by atoms with Gasteiger partial charge in [0.05, 0.1) is 5.69 Å². The van der Waals surface area contributed by atoms with E-state index in [9.17, 15) is 8.78 Å². The van der Waals surface area contributed by atoms with Gasteiger partial charge in [0.1, 0.15) is 6.33 Å². The second-order valence-corrected chi connectivity index (χ2v) is 3.42. The molecule has 1 aliphatic rings. The molecule has 0 fully saturated rings. The van der Waals surface area contributed by atoms with Gasteiger partial charge in [-0.2, -0.15) is 0 Å². The number of alkyl halides is 2. The Morgan fingerprint density at radius 2 is 1.88 bits per heavy atom. The SMILES string of the molecule is FC1(F)Oc2ccc(-c3ccncn3)cc2O1. The number of aromatic nitrogens is 2. The van der Waals surface area contributed by atoms with Crippen LogP contribution in [-0.2, 0) is 0 Å². The molecule has 1 aliphatic heterocycles. The van der Waals surface area contributed by atoms with E-state index >= 15 is 0 Å². The minimum Gasteiger partial charge on any atom is -0.395 e. The summed E-state index contributed by atoms with van der Waals surface area (Å²) in [6.07, 6.45) is -0.636. The molecule has 6 heteroatoms. The first kappa shape index (κ1) is 9.95. The van der Waals surface area contributed by atoms with Crippen molar-refractivity contribution >= 4 is 0 Å². The molecule has 4 nitrogen and oxygen atoms in total. The van der Waals surface area contributed by atoms with Crippen molar-refractivity contribution in [3.05, 3.63) is 36.8 Å². The van der Waals surface area contributed by atoms with E-state index < -0.39 is 6.29 Å². The number of halogens is 2. The van der Waals surface area contributed by atoms with Crippen molar-refractivity contribution in [1.29, 1.82) is 0 Å². The molecule has 3 rings (SSSR count). The maximum Gasteiger partial charge on any atom is 0.586 e. The number of nitrogens with zero attached hydrogens (tertiary/aromatic N) is 2.